The molecule has 3 rings (SSSR count). The Kier molecular flexibility index (Phi) is 12.8. The van der Waals surface area contributed by atoms with Crippen LogP contribution in [0.15, 0.2) is 48.5 Å². The zero-order chi connectivity index (χ0) is 33.9. The summed E-state index contributed by atoms with van der Waals surface area (Å²) in [6, 6.07) is 10.9. The quantitative estimate of drug-likeness (QED) is 0.272. The lowest BCUT2D eigenvalue weighted by Gasteiger charge is -2.30. The molecular formula is C33H45N5O8. The van der Waals surface area contributed by atoms with Gasteiger partial charge in [0.25, 0.3) is 5.91 Å². The van der Waals surface area contributed by atoms with Crippen molar-refractivity contribution in [3.63, 3.8) is 0 Å². The summed E-state index contributed by atoms with van der Waals surface area (Å²) >= 11 is 0. The number of fused-ring (bicyclic) bond motifs is 1. The molecule has 5 N–H and O–H groups in total. The number of para-hydroxylation sites is 1. The van der Waals surface area contributed by atoms with E-state index in [0.717, 1.165) is 0 Å². The van der Waals surface area contributed by atoms with E-state index < -0.39 is 59.6 Å². The molecule has 0 spiro atoms. The standard InChI is InChI=1S/C33H45N5O8/c1-20(2)28-31(42)35-21(3)19-46-26-11-8-7-10-24(26)29(40)36-25(18-27(39)38-33(4,5)32(43)37-28)30(41)34-16-9-17-45-23-14-12-22(44-6)13-15-23/h7-8,10-15,20-21,25,28H,9,16-19H2,1-6H3,(H,34,41)(H,35,42)(H,36,40)(H,37,43)(H,38,39)/t21-,25-,28+/m0/s1. The number of carbonyl (C=O) groups excluding carboxylic acids is 5. The molecule has 2 aromatic carbocycles. The highest BCUT2D eigenvalue weighted by Crippen LogP contribution is 2.19. The van der Waals surface area contributed by atoms with Crippen LogP contribution in [0.25, 0.3) is 0 Å². The third kappa shape index (κ3) is 10.4. The van der Waals surface area contributed by atoms with Crippen LogP contribution in [0, 0.1) is 5.92 Å². The number of hydrogen-bond acceptors (Lipinski definition) is 8. The number of benzene rings is 2. The molecule has 1 aliphatic rings. The molecule has 13 heteroatoms. The second-order valence-electron chi connectivity index (χ2n) is 12.0. The summed E-state index contributed by atoms with van der Waals surface area (Å²) in [4.78, 5) is 66.2. The van der Waals surface area contributed by atoms with E-state index in [1.54, 1.807) is 70.3 Å². The van der Waals surface area contributed by atoms with Gasteiger partial charge in [-0.15, -0.1) is 0 Å². The highest BCUT2D eigenvalue weighted by atomic mass is 16.5. The van der Waals surface area contributed by atoms with Gasteiger partial charge < -0.3 is 40.8 Å². The predicted octanol–water partition coefficient (Wildman–Crippen LogP) is 1.70. The largest absolute Gasteiger partial charge is 0.497 e. The fourth-order valence-electron chi connectivity index (χ4n) is 4.58. The Morgan fingerprint density at radius 2 is 1.67 bits per heavy atom. The molecule has 13 nitrogen and oxygen atoms in total. The van der Waals surface area contributed by atoms with Crippen LogP contribution >= 0.6 is 0 Å². The second kappa shape index (κ2) is 16.5. The van der Waals surface area contributed by atoms with Crippen molar-refractivity contribution in [1.82, 2.24) is 26.6 Å². The molecule has 1 aliphatic heterocycles. The third-order valence-corrected chi connectivity index (χ3v) is 7.22. The van der Waals surface area contributed by atoms with Crippen molar-refractivity contribution in [1.29, 1.82) is 0 Å². The molecule has 0 aromatic heterocycles. The summed E-state index contributed by atoms with van der Waals surface area (Å²) < 4.78 is 16.7. The number of rotatable bonds is 8. The first kappa shape index (κ1) is 35.7. The summed E-state index contributed by atoms with van der Waals surface area (Å²) in [6.45, 7) is 8.87. The average Bonchev–Trinajstić information content (AvgIpc) is 3.01. The predicted molar refractivity (Wildman–Crippen MR) is 171 cm³/mol. The lowest BCUT2D eigenvalue weighted by molar-refractivity contribution is -0.136. The minimum Gasteiger partial charge on any atom is -0.497 e. The van der Waals surface area contributed by atoms with Gasteiger partial charge in [-0.2, -0.15) is 0 Å². The zero-order valence-electron chi connectivity index (χ0n) is 27.2. The first-order chi connectivity index (χ1) is 21.8. The topological polar surface area (TPSA) is 173 Å². The minimum absolute atomic E-state index is 0.0306. The lowest BCUT2D eigenvalue weighted by Crippen LogP contribution is -2.61. The van der Waals surface area contributed by atoms with E-state index in [1.807, 2.05) is 0 Å². The Bertz CT molecular complexity index is 1380. The van der Waals surface area contributed by atoms with Gasteiger partial charge in [0.05, 0.1) is 31.7 Å². The van der Waals surface area contributed by atoms with Crippen molar-refractivity contribution >= 4 is 29.5 Å². The molecule has 0 fully saturated rings. The summed E-state index contributed by atoms with van der Waals surface area (Å²) in [7, 11) is 1.58. The SMILES string of the molecule is COc1ccc(OCCCNC(=O)[C@@H]2CC(=O)NC(C)(C)C(=O)N[C@H](C(C)C)C(=O)N[C@@H](C)COc3ccccc3C(=O)N2)cc1. The number of nitrogens with one attached hydrogen (secondary N) is 5. The van der Waals surface area contributed by atoms with E-state index in [0.29, 0.717) is 24.5 Å². The molecule has 2 aromatic rings. The van der Waals surface area contributed by atoms with Gasteiger partial charge in [0.15, 0.2) is 0 Å². The van der Waals surface area contributed by atoms with Crippen molar-refractivity contribution in [2.75, 3.05) is 26.9 Å². The first-order valence-electron chi connectivity index (χ1n) is 15.3. The van der Waals surface area contributed by atoms with Gasteiger partial charge in [-0.1, -0.05) is 26.0 Å². The van der Waals surface area contributed by atoms with Crippen molar-refractivity contribution in [3.05, 3.63) is 54.1 Å². The van der Waals surface area contributed by atoms with Gasteiger partial charge >= 0.3 is 0 Å². The molecule has 0 unspecified atom stereocenters. The molecule has 0 saturated carbocycles. The monoisotopic (exact) mass is 639 g/mol. The molecule has 5 amide bonds. The van der Waals surface area contributed by atoms with Crippen LogP contribution in [-0.4, -0.2) is 80.1 Å². The Labute approximate surface area is 269 Å². The van der Waals surface area contributed by atoms with E-state index >= 15 is 0 Å². The van der Waals surface area contributed by atoms with Crippen molar-refractivity contribution in [2.45, 2.75) is 71.1 Å². The van der Waals surface area contributed by atoms with Crippen LogP contribution in [0.1, 0.15) is 57.8 Å². The number of amides is 5. The maximum Gasteiger partial charge on any atom is 0.255 e. The first-order valence-corrected chi connectivity index (χ1v) is 15.3. The summed E-state index contributed by atoms with van der Waals surface area (Å²) in [5, 5.41) is 13.6. The van der Waals surface area contributed by atoms with E-state index in [2.05, 4.69) is 26.6 Å². The van der Waals surface area contributed by atoms with Crippen LogP contribution in [-0.2, 0) is 19.2 Å². The molecule has 250 valence electrons. The summed E-state index contributed by atoms with van der Waals surface area (Å²) in [5.41, 5.74) is -1.29. The number of carbonyl (C=O) groups is 5. The van der Waals surface area contributed by atoms with Crippen LogP contribution < -0.4 is 40.8 Å². The van der Waals surface area contributed by atoms with Gasteiger partial charge in [-0.3, -0.25) is 24.0 Å². The van der Waals surface area contributed by atoms with E-state index in [9.17, 15) is 24.0 Å². The number of hydrogen-bond donors (Lipinski definition) is 5. The van der Waals surface area contributed by atoms with Crippen LogP contribution in [0.3, 0.4) is 0 Å². The molecule has 0 radical (unpaired) electrons. The molecule has 0 bridgehead atoms. The van der Waals surface area contributed by atoms with Gasteiger partial charge in [0, 0.05) is 6.54 Å². The highest BCUT2D eigenvalue weighted by Gasteiger charge is 2.36. The van der Waals surface area contributed by atoms with Gasteiger partial charge in [0.2, 0.25) is 23.6 Å². The molecule has 0 aliphatic carbocycles. The van der Waals surface area contributed by atoms with Gasteiger partial charge in [-0.25, -0.2) is 0 Å². The maximum absolute atomic E-state index is 13.4. The molecule has 0 saturated heterocycles. The van der Waals surface area contributed by atoms with Crippen molar-refractivity contribution in [3.8, 4) is 17.2 Å². The third-order valence-electron chi connectivity index (χ3n) is 7.22. The summed E-state index contributed by atoms with van der Waals surface area (Å²) in [5.74, 6) is -1.56. The smallest absolute Gasteiger partial charge is 0.255 e. The molecule has 1 heterocycles. The van der Waals surface area contributed by atoms with Crippen molar-refractivity contribution in [2.24, 2.45) is 5.92 Å². The lowest BCUT2D eigenvalue weighted by atomic mass is 9.98. The van der Waals surface area contributed by atoms with Crippen LogP contribution in [0.2, 0.25) is 0 Å². The molecular weight excluding hydrogens is 594 g/mol. The highest BCUT2D eigenvalue weighted by molar-refractivity contribution is 6.01. The van der Waals surface area contributed by atoms with Gasteiger partial charge in [0.1, 0.15) is 41.5 Å². The van der Waals surface area contributed by atoms with Crippen LogP contribution in [0.4, 0.5) is 0 Å². The van der Waals surface area contributed by atoms with E-state index in [-0.39, 0.29) is 30.4 Å². The Morgan fingerprint density at radius 1 is 1.00 bits per heavy atom. The minimum atomic E-state index is -1.44. The fraction of sp³-hybridized carbons (Fsp3) is 0.485. The maximum atomic E-state index is 13.4. The molecule has 46 heavy (non-hydrogen) atoms. The molecule has 3 atom stereocenters. The van der Waals surface area contributed by atoms with E-state index in [4.69, 9.17) is 14.2 Å². The fourth-order valence-corrected chi connectivity index (χ4v) is 4.58. The van der Waals surface area contributed by atoms with Crippen molar-refractivity contribution < 1.29 is 38.2 Å². The number of methoxy groups -OCH3 is 1. The average molecular weight is 640 g/mol. The summed E-state index contributed by atoms with van der Waals surface area (Å²) in [6.07, 6.45) is 0.00124. The van der Waals surface area contributed by atoms with Crippen LogP contribution in [0.5, 0.6) is 17.2 Å². The second-order valence-corrected chi connectivity index (χ2v) is 12.0. The number of ether oxygens (including phenoxy) is 3. The normalized spacial score (nSPS) is 20.9. The Balaban J connectivity index is 1.78. The van der Waals surface area contributed by atoms with Gasteiger partial charge in [-0.05, 0) is 69.5 Å². The zero-order valence-corrected chi connectivity index (χ0v) is 27.2. The van der Waals surface area contributed by atoms with E-state index in [1.165, 1.54) is 19.9 Å². The Morgan fingerprint density at radius 3 is 2.35 bits per heavy atom. The Hall–Kier alpha value is -4.81.